The van der Waals surface area contributed by atoms with Gasteiger partial charge in [-0.05, 0) is 76.4 Å². The number of hydrogen-bond donors (Lipinski definition) is 4. The number of fused-ring (bicyclic) bond motifs is 1. The summed E-state index contributed by atoms with van der Waals surface area (Å²) in [7, 11) is 3.76. The molecule has 7 rings (SSSR count). The van der Waals surface area contributed by atoms with Crippen LogP contribution in [0.1, 0.15) is 81.9 Å². The Balaban J connectivity index is 0.774. The summed E-state index contributed by atoms with van der Waals surface area (Å²) in [5.41, 5.74) is 4.39. The topological polar surface area (TPSA) is 218 Å². The van der Waals surface area contributed by atoms with Crippen molar-refractivity contribution < 1.29 is 28.7 Å². The normalized spacial score (nSPS) is 14.3. The van der Waals surface area contributed by atoms with E-state index in [0.29, 0.717) is 77.6 Å². The highest BCUT2D eigenvalue weighted by molar-refractivity contribution is 7.15. The molecule has 3 amide bonds. The molecule has 2 fully saturated rings. The first kappa shape index (κ1) is 48.6. The van der Waals surface area contributed by atoms with Crippen LogP contribution in [0.5, 0.6) is 0 Å². The van der Waals surface area contributed by atoms with E-state index in [4.69, 9.17) is 14.5 Å². The Hall–Kier alpha value is -6.35. The molecule has 1 saturated heterocycles. The van der Waals surface area contributed by atoms with Crippen LogP contribution in [0, 0.1) is 20.8 Å². The van der Waals surface area contributed by atoms with Crippen molar-refractivity contribution in [2.75, 3.05) is 106 Å². The third-order valence-electron chi connectivity index (χ3n) is 12.0. The average Bonchev–Trinajstić information content (AvgIpc) is 3.94. The number of ether oxygens (including phenoxy) is 2. The molecule has 5 aromatic rings. The molecule has 0 atom stereocenters. The van der Waals surface area contributed by atoms with Crippen LogP contribution in [0.15, 0.2) is 47.5 Å². The van der Waals surface area contributed by atoms with E-state index in [1.165, 1.54) is 18.3 Å². The molecule has 20 heteroatoms. The smallest absolute Gasteiger partial charge is 0.263 e. The lowest BCUT2D eigenvalue weighted by Gasteiger charge is -2.35. The van der Waals surface area contributed by atoms with Crippen LogP contribution in [0.4, 0.5) is 34.0 Å². The third kappa shape index (κ3) is 12.4. The van der Waals surface area contributed by atoms with Crippen LogP contribution in [0.2, 0.25) is 0 Å². The minimum absolute atomic E-state index is 0.00804. The number of benzene rings is 1. The molecule has 0 bridgehead atoms. The highest BCUT2D eigenvalue weighted by Crippen LogP contribution is 2.32. The van der Waals surface area contributed by atoms with Crippen molar-refractivity contribution in [1.29, 1.82) is 0 Å². The summed E-state index contributed by atoms with van der Waals surface area (Å²) in [4.78, 5) is 90.2. The Labute approximate surface area is 393 Å². The number of amides is 3. The van der Waals surface area contributed by atoms with E-state index < -0.39 is 0 Å². The maximum absolute atomic E-state index is 13.6. The van der Waals surface area contributed by atoms with Crippen molar-refractivity contribution in [2.45, 2.75) is 65.8 Å². The molecule has 1 aliphatic heterocycles. The van der Waals surface area contributed by atoms with Gasteiger partial charge in [-0.2, -0.15) is 4.98 Å². The number of thiazole rings is 1. The van der Waals surface area contributed by atoms with Crippen molar-refractivity contribution in [3.8, 4) is 0 Å². The van der Waals surface area contributed by atoms with Gasteiger partial charge in [-0.25, -0.2) is 15.0 Å². The Bertz CT molecular complexity index is 2620. The number of pyridine rings is 2. The Morgan fingerprint density at radius 2 is 1.61 bits per heavy atom. The predicted molar refractivity (Wildman–Crippen MR) is 260 cm³/mol. The largest absolute Gasteiger partial charge is 0.379 e. The van der Waals surface area contributed by atoms with Gasteiger partial charge in [-0.1, -0.05) is 12.8 Å². The van der Waals surface area contributed by atoms with Gasteiger partial charge in [-0.15, -0.1) is 11.3 Å². The van der Waals surface area contributed by atoms with Crippen molar-refractivity contribution in [2.24, 2.45) is 0 Å². The lowest BCUT2D eigenvalue weighted by Crippen LogP contribution is -2.49. The van der Waals surface area contributed by atoms with Crippen LogP contribution in [-0.2, 0) is 19.1 Å². The monoisotopic (exact) mass is 936 g/mol. The Morgan fingerprint density at radius 3 is 2.28 bits per heavy atom. The number of hydrogen-bond acceptors (Lipinski definition) is 16. The second-order valence-electron chi connectivity index (χ2n) is 17.0. The zero-order valence-corrected chi connectivity index (χ0v) is 39.9. The highest BCUT2D eigenvalue weighted by Gasteiger charge is 2.26. The van der Waals surface area contributed by atoms with E-state index in [2.05, 4.69) is 46.0 Å². The number of ketones is 1. The number of carbonyl (C=O) groups is 4. The quantitative estimate of drug-likeness (QED) is 0.0579. The van der Waals surface area contributed by atoms with E-state index in [1.807, 2.05) is 51.0 Å². The molecule has 1 aromatic carbocycles. The van der Waals surface area contributed by atoms with Crippen LogP contribution in [-0.4, -0.2) is 133 Å². The van der Waals surface area contributed by atoms with E-state index in [9.17, 15) is 24.0 Å². The molecule has 19 nitrogen and oxygen atoms in total. The van der Waals surface area contributed by atoms with E-state index in [0.717, 1.165) is 60.7 Å². The summed E-state index contributed by atoms with van der Waals surface area (Å²) in [6, 6.07) is 9.10. The number of aryl methyl sites for hydroxylation is 3. The van der Waals surface area contributed by atoms with Gasteiger partial charge in [0.05, 0.1) is 73.8 Å². The number of Topliss-reactive ketones (excluding diaryl/α,β-unsaturated/α-hetero) is 1. The SMILES string of the molecule is CC(=O)c1c(C)c2cnc(Nc3ccc(N4CCN(CC(=O)NCCOCCOCCC(=O)Nc5cc(N(C)C)ccc5C(=O)Nc5nc(C)c(C)s5)CC4)cn3)nc2n(C2CCCC2)c1=O. The maximum Gasteiger partial charge on any atom is 0.263 e. The van der Waals surface area contributed by atoms with Gasteiger partial charge in [-0.3, -0.25) is 38.8 Å². The molecule has 4 N–H and O–H groups in total. The summed E-state index contributed by atoms with van der Waals surface area (Å²) < 4.78 is 12.9. The standard InChI is InChI=1S/C47H60N12O7S/c1-29-37-27-50-46(54-43(37)59(33-9-7-8-10-33)45(64)42(29)31(3)60)53-39-14-12-35(26-49-39)58-19-17-57(18-20-58)28-41(62)48-16-22-66-24-23-65-21-15-40(61)52-38-25-34(56(5)6)11-13-36(38)44(63)55-47-51-30(2)32(4)67-47/h11-14,25-27,33H,7-10,15-24,28H2,1-6H3,(H,48,62)(H,52,61)(H,51,55,63)(H,49,50,53,54). The summed E-state index contributed by atoms with van der Waals surface area (Å²) in [5.74, 6) is -0.114. The summed E-state index contributed by atoms with van der Waals surface area (Å²) in [6.07, 6.45) is 7.34. The van der Waals surface area contributed by atoms with E-state index >= 15 is 0 Å². The molecule has 0 spiro atoms. The van der Waals surface area contributed by atoms with E-state index in [1.54, 1.807) is 36.0 Å². The lowest BCUT2D eigenvalue weighted by molar-refractivity contribution is -0.122. The van der Waals surface area contributed by atoms with Gasteiger partial charge in [0.25, 0.3) is 11.5 Å². The van der Waals surface area contributed by atoms with Crippen LogP contribution in [0.25, 0.3) is 11.0 Å². The van der Waals surface area contributed by atoms with Gasteiger partial charge >= 0.3 is 0 Å². The van der Waals surface area contributed by atoms with Crippen molar-refractivity contribution in [3.05, 3.63) is 80.3 Å². The van der Waals surface area contributed by atoms with E-state index in [-0.39, 0.29) is 66.8 Å². The van der Waals surface area contributed by atoms with Crippen LogP contribution >= 0.6 is 11.3 Å². The predicted octanol–water partition coefficient (Wildman–Crippen LogP) is 5.25. The first-order chi connectivity index (χ1) is 32.2. The molecule has 0 radical (unpaired) electrons. The molecular formula is C47H60N12O7S. The molecule has 356 valence electrons. The van der Waals surface area contributed by atoms with Crippen LogP contribution in [0.3, 0.4) is 0 Å². The highest BCUT2D eigenvalue weighted by atomic mass is 32.1. The molecular weight excluding hydrogens is 877 g/mol. The summed E-state index contributed by atoms with van der Waals surface area (Å²) >= 11 is 1.40. The first-order valence-electron chi connectivity index (χ1n) is 22.7. The Morgan fingerprint density at radius 1 is 0.866 bits per heavy atom. The fraction of sp³-hybridized carbons (Fsp3) is 0.468. The molecule has 0 unspecified atom stereocenters. The third-order valence-corrected chi connectivity index (χ3v) is 13.0. The van der Waals surface area contributed by atoms with Crippen molar-refractivity contribution in [1.82, 2.24) is 34.7 Å². The minimum Gasteiger partial charge on any atom is -0.379 e. The number of piperazine rings is 1. The number of carbonyl (C=O) groups excluding carboxylic acids is 4. The second-order valence-corrected chi connectivity index (χ2v) is 18.2. The minimum atomic E-state index is -0.364. The molecule has 5 heterocycles. The Kier molecular flexibility index (Phi) is 16.3. The van der Waals surface area contributed by atoms with Gasteiger partial charge < -0.3 is 35.2 Å². The summed E-state index contributed by atoms with van der Waals surface area (Å²) in [5, 5.41) is 13.0. The van der Waals surface area contributed by atoms with Crippen LogP contribution < -0.4 is 36.6 Å². The average molecular weight is 937 g/mol. The number of rotatable bonds is 20. The summed E-state index contributed by atoms with van der Waals surface area (Å²) in [6.45, 7) is 11.7. The van der Waals surface area contributed by atoms with Gasteiger partial charge in [0.2, 0.25) is 17.8 Å². The molecule has 4 aromatic heterocycles. The zero-order valence-electron chi connectivity index (χ0n) is 39.1. The molecule has 1 saturated carbocycles. The number of nitrogens with zero attached hydrogens (tertiary/aromatic N) is 8. The first-order valence-corrected chi connectivity index (χ1v) is 23.5. The van der Waals surface area contributed by atoms with Crippen molar-refractivity contribution in [3.63, 3.8) is 0 Å². The molecule has 1 aliphatic carbocycles. The maximum atomic E-state index is 13.6. The molecule has 2 aliphatic rings. The number of aromatic nitrogens is 5. The van der Waals surface area contributed by atoms with Gasteiger partial charge in [0, 0.05) is 75.0 Å². The fourth-order valence-electron chi connectivity index (χ4n) is 8.26. The zero-order chi connectivity index (χ0) is 47.6. The lowest BCUT2D eigenvalue weighted by atomic mass is 10.0. The fourth-order valence-corrected chi connectivity index (χ4v) is 9.07. The number of nitrogens with one attached hydrogen (secondary N) is 4. The number of anilines is 6. The molecule has 67 heavy (non-hydrogen) atoms. The van der Waals surface area contributed by atoms with Crippen molar-refractivity contribution >= 4 is 79.8 Å². The van der Waals surface area contributed by atoms with Gasteiger partial charge in [0.15, 0.2) is 10.9 Å². The second kappa shape index (κ2) is 22.4. The van der Waals surface area contributed by atoms with Gasteiger partial charge in [0.1, 0.15) is 11.5 Å².